The molecule has 0 heterocycles. The topological polar surface area (TPSA) is 20.3 Å². The quantitative estimate of drug-likeness (QED) is 0.742. The second-order valence-electron chi connectivity index (χ2n) is 4.26. The van der Waals surface area contributed by atoms with Crippen LogP contribution >= 0.6 is 27.5 Å². The van der Waals surface area contributed by atoms with Crippen LogP contribution in [0.2, 0.25) is 0 Å². The molecular formula is C13H16BrClFNO. The summed E-state index contributed by atoms with van der Waals surface area (Å²) < 4.78 is 14.4. The van der Waals surface area contributed by atoms with Crippen LogP contribution in [0.25, 0.3) is 0 Å². The molecule has 1 aromatic rings. The molecule has 0 spiro atoms. The molecule has 0 aromatic heterocycles. The lowest BCUT2D eigenvalue weighted by molar-refractivity contribution is 0.0701. The molecule has 1 rings (SSSR count). The average molecular weight is 337 g/mol. The Kier molecular flexibility index (Phi) is 6.09. The Bertz CT molecular complexity index is 425. The lowest BCUT2D eigenvalue weighted by atomic mass is 10.1. The van der Waals surface area contributed by atoms with E-state index in [4.69, 9.17) is 11.6 Å². The third-order valence-electron chi connectivity index (χ3n) is 2.58. The van der Waals surface area contributed by atoms with E-state index in [1.165, 1.54) is 12.1 Å². The summed E-state index contributed by atoms with van der Waals surface area (Å²) in [4.78, 5) is 13.9. The van der Waals surface area contributed by atoms with Crippen LogP contribution in [0.15, 0.2) is 22.7 Å². The maximum Gasteiger partial charge on any atom is 0.257 e. The van der Waals surface area contributed by atoms with Crippen molar-refractivity contribution in [3.63, 3.8) is 0 Å². The molecule has 0 unspecified atom stereocenters. The number of alkyl halides is 1. The van der Waals surface area contributed by atoms with E-state index in [0.717, 1.165) is 0 Å². The second kappa shape index (κ2) is 7.10. The Balaban J connectivity index is 2.94. The molecule has 100 valence electrons. The van der Waals surface area contributed by atoms with Crippen molar-refractivity contribution in [2.24, 2.45) is 0 Å². The monoisotopic (exact) mass is 335 g/mol. The highest BCUT2D eigenvalue weighted by Gasteiger charge is 2.21. The number of benzene rings is 1. The number of halogens is 3. The van der Waals surface area contributed by atoms with E-state index in [1.54, 1.807) is 11.0 Å². The molecule has 0 bridgehead atoms. The molecule has 0 aliphatic rings. The zero-order valence-corrected chi connectivity index (χ0v) is 12.8. The molecule has 0 N–H and O–H groups in total. The first-order valence-electron chi connectivity index (χ1n) is 5.79. The molecule has 0 aliphatic heterocycles. The SMILES string of the molecule is CC(C)N(CCCCl)C(=O)c1ccc(Br)cc1F. The van der Waals surface area contributed by atoms with Crippen molar-refractivity contribution in [2.45, 2.75) is 26.3 Å². The summed E-state index contributed by atoms with van der Waals surface area (Å²) in [6.45, 7) is 4.35. The van der Waals surface area contributed by atoms with Crippen molar-refractivity contribution in [1.29, 1.82) is 0 Å². The Morgan fingerprint density at radius 3 is 2.67 bits per heavy atom. The first-order valence-corrected chi connectivity index (χ1v) is 7.12. The van der Waals surface area contributed by atoms with Crippen molar-refractivity contribution in [2.75, 3.05) is 12.4 Å². The molecule has 0 saturated carbocycles. The summed E-state index contributed by atoms with van der Waals surface area (Å²) >= 11 is 8.81. The maximum atomic E-state index is 13.7. The number of rotatable bonds is 5. The van der Waals surface area contributed by atoms with Crippen molar-refractivity contribution in [1.82, 2.24) is 4.90 Å². The van der Waals surface area contributed by atoms with E-state index in [1.807, 2.05) is 13.8 Å². The molecule has 1 amide bonds. The molecule has 1 aromatic carbocycles. The average Bonchev–Trinajstić information content (AvgIpc) is 2.28. The fraction of sp³-hybridized carbons (Fsp3) is 0.462. The zero-order chi connectivity index (χ0) is 13.7. The molecule has 5 heteroatoms. The highest BCUT2D eigenvalue weighted by Crippen LogP contribution is 2.18. The summed E-state index contributed by atoms with van der Waals surface area (Å²) in [5.41, 5.74) is 0.0986. The van der Waals surface area contributed by atoms with Gasteiger partial charge >= 0.3 is 0 Å². The van der Waals surface area contributed by atoms with Gasteiger partial charge in [0, 0.05) is 22.9 Å². The normalized spacial score (nSPS) is 10.8. The molecule has 0 aliphatic carbocycles. The van der Waals surface area contributed by atoms with Gasteiger partial charge in [-0.2, -0.15) is 0 Å². The maximum absolute atomic E-state index is 13.7. The van der Waals surface area contributed by atoms with Crippen molar-refractivity contribution < 1.29 is 9.18 Å². The van der Waals surface area contributed by atoms with E-state index >= 15 is 0 Å². The molecule has 0 radical (unpaired) electrons. The largest absolute Gasteiger partial charge is 0.336 e. The number of carbonyl (C=O) groups is 1. The number of carbonyl (C=O) groups excluding carboxylic acids is 1. The minimum absolute atomic E-state index is 0.0174. The van der Waals surface area contributed by atoms with Gasteiger partial charge in [-0.05, 0) is 38.5 Å². The van der Waals surface area contributed by atoms with Gasteiger partial charge in [-0.15, -0.1) is 11.6 Å². The van der Waals surface area contributed by atoms with Gasteiger partial charge in [-0.25, -0.2) is 4.39 Å². The second-order valence-corrected chi connectivity index (χ2v) is 5.55. The number of hydrogen-bond acceptors (Lipinski definition) is 1. The summed E-state index contributed by atoms with van der Waals surface area (Å²) in [7, 11) is 0. The van der Waals surface area contributed by atoms with Gasteiger partial charge in [0.15, 0.2) is 0 Å². The van der Waals surface area contributed by atoms with Gasteiger partial charge in [0.2, 0.25) is 0 Å². The van der Waals surface area contributed by atoms with Crippen LogP contribution in [-0.2, 0) is 0 Å². The van der Waals surface area contributed by atoms with Crippen LogP contribution in [0.3, 0.4) is 0 Å². The summed E-state index contributed by atoms with van der Waals surface area (Å²) in [5.74, 6) is -0.315. The standard InChI is InChI=1S/C13H16BrClFNO/c1-9(2)17(7-3-6-15)13(18)11-5-4-10(14)8-12(11)16/h4-5,8-9H,3,6-7H2,1-2H3. The van der Waals surface area contributed by atoms with Gasteiger partial charge in [-0.1, -0.05) is 15.9 Å². The predicted molar refractivity (Wildman–Crippen MR) is 75.6 cm³/mol. The summed E-state index contributed by atoms with van der Waals surface area (Å²) in [5, 5.41) is 0. The molecule has 18 heavy (non-hydrogen) atoms. The minimum Gasteiger partial charge on any atom is -0.336 e. The van der Waals surface area contributed by atoms with Crippen LogP contribution < -0.4 is 0 Å². The van der Waals surface area contributed by atoms with Gasteiger partial charge in [0.25, 0.3) is 5.91 Å². The highest BCUT2D eigenvalue weighted by atomic mass is 79.9. The molecular weight excluding hydrogens is 321 g/mol. The van der Waals surface area contributed by atoms with Crippen LogP contribution in [-0.4, -0.2) is 29.3 Å². The molecule has 0 saturated heterocycles. The lowest BCUT2D eigenvalue weighted by Gasteiger charge is -2.26. The van der Waals surface area contributed by atoms with Gasteiger partial charge in [-0.3, -0.25) is 4.79 Å². The van der Waals surface area contributed by atoms with E-state index in [9.17, 15) is 9.18 Å². The van der Waals surface area contributed by atoms with Crippen LogP contribution in [0.5, 0.6) is 0 Å². The Labute approximate surface area is 120 Å². The molecule has 2 nitrogen and oxygen atoms in total. The number of nitrogens with zero attached hydrogens (tertiary/aromatic N) is 1. The first-order chi connectivity index (χ1) is 8.47. The first kappa shape index (κ1) is 15.4. The van der Waals surface area contributed by atoms with Crippen LogP contribution in [0.1, 0.15) is 30.6 Å². The van der Waals surface area contributed by atoms with Crippen LogP contribution in [0.4, 0.5) is 4.39 Å². The molecule has 0 atom stereocenters. The molecule has 0 fully saturated rings. The third-order valence-corrected chi connectivity index (χ3v) is 3.34. The fourth-order valence-electron chi connectivity index (χ4n) is 1.64. The fourth-order valence-corrected chi connectivity index (χ4v) is 2.09. The lowest BCUT2D eigenvalue weighted by Crippen LogP contribution is -2.38. The minimum atomic E-state index is -0.508. The van der Waals surface area contributed by atoms with Crippen molar-refractivity contribution >= 4 is 33.4 Å². The number of hydrogen-bond donors (Lipinski definition) is 0. The zero-order valence-electron chi connectivity index (χ0n) is 10.4. The third kappa shape index (κ3) is 3.95. The van der Waals surface area contributed by atoms with E-state index in [-0.39, 0.29) is 17.5 Å². The van der Waals surface area contributed by atoms with Crippen molar-refractivity contribution in [3.05, 3.63) is 34.1 Å². The van der Waals surface area contributed by atoms with E-state index < -0.39 is 5.82 Å². The smallest absolute Gasteiger partial charge is 0.257 e. The van der Waals surface area contributed by atoms with Crippen LogP contribution in [0, 0.1) is 5.82 Å². The highest BCUT2D eigenvalue weighted by molar-refractivity contribution is 9.10. The van der Waals surface area contributed by atoms with E-state index in [0.29, 0.717) is 23.3 Å². The number of amides is 1. The van der Waals surface area contributed by atoms with E-state index in [2.05, 4.69) is 15.9 Å². The van der Waals surface area contributed by atoms with Gasteiger partial charge < -0.3 is 4.90 Å². The Morgan fingerprint density at radius 2 is 2.17 bits per heavy atom. The summed E-state index contributed by atoms with van der Waals surface area (Å²) in [6.07, 6.45) is 0.698. The Morgan fingerprint density at radius 1 is 1.50 bits per heavy atom. The predicted octanol–water partition coefficient (Wildman–Crippen LogP) is 4.07. The van der Waals surface area contributed by atoms with Gasteiger partial charge in [0.05, 0.1) is 5.56 Å². The Hall–Kier alpha value is -0.610. The van der Waals surface area contributed by atoms with Gasteiger partial charge in [0.1, 0.15) is 5.82 Å². The van der Waals surface area contributed by atoms with Crippen molar-refractivity contribution in [3.8, 4) is 0 Å². The summed E-state index contributed by atoms with van der Waals surface area (Å²) in [6, 6.07) is 4.48.